The van der Waals surface area contributed by atoms with Crippen molar-refractivity contribution >= 4 is 33.2 Å². The molecule has 3 N–H and O–H groups in total. The summed E-state index contributed by atoms with van der Waals surface area (Å²) in [4.78, 5) is 15.7. The average molecular weight is 643 g/mol. The second-order valence-corrected chi connectivity index (χ2v) is 15.5. The predicted molar refractivity (Wildman–Crippen MR) is 174 cm³/mol. The van der Waals surface area contributed by atoms with Crippen LogP contribution in [0.5, 0.6) is 5.75 Å². The Bertz CT molecular complexity index is 1540. The van der Waals surface area contributed by atoms with Crippen LogP contribution in [0.4, 0.5) is 5.69 Å². The third kappa shape index (κ3) is 6.43. The lowest BCUT2D eigenvalue weighted by Gasteiger charge is -2.45. The number of carbonyl (C=O) groups excluding carboxylic acids is 1. The Balaban J connectivity index is 1.50. The van der Waals surface area contributed by atoms with E-state index in [-0.39, 0.29) is 29.2 Å². The van der Waals surface area contributed by atoms with Crippen LogP contribution < -0.4 is 14.4 Å². The summed E-state index contributed by atoms with van der Waals surface area (Å²) in [6, 6.07) is 11.0. The molecule has 1 fully saturated rings. The molecule has 8 nitrogen and oxygen atoms in total. The minimum Gasteiger partial charge on any atom is -0.490 e. The number of benzene rings is 2. The Morgan fingerprint density at radius 1 is 1.25 bits per heavy atom. The van der Waals surface area contributed by atoms with E-state index in [0.29, 0.717) is 36.2 Å². The van der Waals surface area contributed by atoms with Crippen LogP contribution in [0.3, 0.4) is 0 Å². The van der Waals surface area contributed by atoms with Gasteiger partial charge in [-0.1, -0.05) is 29.8 Å². The van der Waals surface area contributed by atoms with Crippen molar-refractivity contribution in [3.63, 3.8) is 0 Å². The van der Waals surface area contributed by atoms with Crippen molar-refractivity contribution in [1.82, 2.24) is 4.72 Å². The summed E-state index contributed by atoms with van der Waals surface area (Å²) < 4.78 is 35.1. The molecule has 238 valence electrons. The van der Waals surface area contributed by atoms with Gasteiger partial charge in [-0.25, -0.2) is 13.1 Å². The van der Waals surface area contributed by atoms with Crippen LogP contribution in [-0.2, 0) is 21.9 Å². The number of aliphatic hydroxyl groups excluding tert-OH is 1. The third-order valence-corrected chi connectivity index (χ3v) is 11.9. The van der Waals surface area contributed by atoms with Crippen LogP contribution in [0, 0.1) is 11.8 Å². The number of amides is 1. The van der Waals surface area contributed by atoms with Gasteiger partial charge >= 0.3 is 0 Å². The fraction of sp³-hybridized carbons (Fsp3) is 0.500. The lowest BCUT2D eigenvalue weighted by molar-refractivity contribution is 0.0460. The third-order valence-electron chi connectivity index (χ3n) is 9.69. The van der Waals surface area contributed by atoms with Crippen molar-refractivity contribution in [2.75, 3.05) is 24.6 Å². The Morgan fingerprint density at radius 3 is 2.68 bits per heavy atom. The van der Waals surface area contributed by atoms with Gasteiger partial charge in [-0.2, -0.15) is 0 Å². The van der Waals surface area contributed by atoms with Crippen molar-refractivity contribution in [2.24, 2.45) is 11.8 Å². The standard InChI is InChI=1S/C34H43ClN2O6S/c1-5-8-31(33(3,4)40)44(41,42)36-32(39)23-11-15-30-28(18-23)37(19-24-10-13-26(24)29(38)6-2)20-34(21-43-30)16-7-9-22-17-25(35)12-14-27(22)34/h5-6,11-12,14-15,17-18,24,26,29,31,38,40H,1-2,7-10,13,16,19-21H2,3-4H3,(H,36,39)/t24-,26+,29-,31+,34-/m0/s1. The van der Waals surface area contributed by atoms with Gasteiger partial charge < -0.3 is 19.8 Å². The van der Waals surface area contributed by atoms with E-state index in [2.05, 4.69) is 28.8 Å². The maximum atomic E-state index is 13.4. The molecule has 0 unspecified atom stereocenters. The number of sulfonamides is 1. The zero-order valence-corrected chi connectivity index (χ0v) is 27.0. The van der Waals surface area contributed by atoms with Crippen molar-refractivity contribution in [3.05, 3.63) is 83.4 Å². The molecule has 1 heterocycles. The summed E-state index contributed by atoms with van der Waals surface area (Å²) in [6.07, 6.45) is 7.11. The Kier molecular flexibility index (Phi) is 9.25. The van der Waals surface area contributed by atoms with Gasteiger partial charge in [0.25, 0.3) is 5.91 Å². The number of ether oxygens (including phenoxy) is 1. The van der Waals surface area contributed by atoms with E-state index in [1.165, 1.54) is 31.1 Å². The molecular formula is C34H43ClN2O6S. The lowest BCUT2D eigenvalue weighted by atomic mass is 9.68. The highest BCUT2D eigenvalue weighted by Gasteiger charge is 2.44. The van der Waals surface area contributed by atoms with Gasteiger partial charge in [0.05, 0.1) is 24.0 Å². The van der Waals surface area contributed by atoms with Crippen molar-refractivity contribution < 1.29 is 28.2 Å². The second kappa shape index (κ2) is 12.5. The van der Waals surface area contributed by atoms with Crippen LogP contribution in [0.2, 0.25) is 5.02 Å². The van der Waals surface area contributed by atoms with Crippen molar-refractivity contribution in [2.45, 2.75) is 74.7 Å². The van der Waals surface area contributed by atoms with Gasteiger partial charge in [0.2, 0.25) is 10.0 Å². The molecule has 5 atom stereocenters. The molecule has 2 aromatic carbocycles. The smallest absolute Gasteiger partial charge is 0.264 e. The Hall–Kier alpha value is -2.85. The van der Waals surface area contributed by atoms with E-state index in [9.17, 15) is 23.4 Å². The monoisotopic (exact) mass is 642 g/mol. The molecule has 2 aliphatic carbocycles. The average Bonchev–Trinajstić information content (AvgIpc) is 3.09. The predicted octanol–water partition coefficient (Wildman–Crippen LogP) is 5.16. The summed E-state index contributed by atoms with van der Waals surface area (Å²) in [5, 5.41) is 20.5. The van der Waals surface area contributed by atoms with E-state index >= 15 is 0 Å². The molecule has 1 saturated carbocycles. The van der Waals surface area contributed by atoms with Gasteiger partial charge in [-0.15, -0.1) is 13.2 Å². The normalized spacial score (nSPS) is 24.5. The fourth-order valence-corrected chi connectivity index (χ4v) is 9.05. The number of carbonyl (C=O) groups is 1. The number of hydrogen-bond donors (Lipinski definition) is 3. The van der Waals surface area contributed by atoms with Gasteiger partial charge in [0, 0.05) is 29.1 Å². The highest BCUT2D eigenvalue weighted by atomic mass is 35.5. The first kappa shape index (κ1) is 32.5. The quantitative estimate of drug-likeness (QED) is 0.307. The number of anilines is 1. The summed E-state index contributed by atoms with van der Waals surface area (Å²) in [6.45, 7) is 11.9. The molecule has 5 rings (SSSR count). The number of halogens is 1. The van der Waals surface area contributed by atoms with Crippen LogP contribution in [0.15, 0.2) is 61.7 Å². The zero-order valence-electron chi connectivity index (χ0n) is 25.5. The Morgan fingerprint density at radius 2 is 2.02 bits per heavy atom. The molecule has 0 saturated heterocycles. The highest BCUT2D eigenvalue weighted by Crippen LogP contribution is 2.46. The molecule has 1 aliphatic heterocycles. The van der Waals surface area contributed by atoms with Crippen molar-refractivity contribution in [1.29, 1.82) is 0 Å². The van der Waals surface area contributed by atoms with Crippen LogP contribution in [0.1, 0.15) is 67.4 Å². The maximum Gasteiger partial charge on any atom is 0.264 e. The molecule has 2 aromatic rings. The van der Waals surface area contributed by atoms with E-state index in [1.54, 1.807) is 24.3 Å². The van der Waals surface area contributed by atoms with Crippen LogP contribution in [0.25, 0.3) is 0 Å². The van der Waals surface area contributed by atoms with Crippen molar-refractivity contribution in [3.8, 4) is 5.75 Å². The fourth-order valence-electron chi connectivity index (χ4n) is 7.19. The minimum absolute atomic E-state index is 0.0220. The van der Waals surface area contributed by atoms with Gasteiger partial charge in [0.1, 0.15) is 11.0 Å². The van der Waals surface area contributed by atoms with Crippen LogP contribution in [-0.4, -0.2) is 61.2 Å². The van der Waals surface area contributed by atoms with E-state index < -0.39 is 32.9 Å². The number of aryl methyl sites for hydroxylation is 1. The second-order valence-electron chi connectivity index (χ2n) is 13.2. The number of hydrogen-bond acceptors (Lipinski definition) is 7. The van der Waals surface area contributed by atoms with E-state index in [4.69, 9.17) is 16.3 Å². The minimum atomic E-state index is -4.24. The molecular weight excluding hydrogens is 600 g/mol. The number of nitrogens with one attached hydrogen (secondary N) is 1. The lowest BCUT2D eigenvalue weighted by Crippen LogP contribution is -2.49. The molecule has 1 amide bonds. The molecule has 0 aromatic heterocycles. The SMILES string of the molecule is C=CC[C@H](C(C)(C)O)S(=O)(=O)NC(=O)c1ccc2c(c1)N(C[C@@H]1CC[C@H]1[C@@H](O)C=C)C[C@@]1(CCCc3cc(Cl)ccc31)CO2. The summed E-state index contributed by atoms with van der Waals surface area (Å²) in [5.74, 6) is 0.132. The highest BCUT2D eigenvalue weighted by molar-refractivity contribution is 7.90. The number of rotatable bonds is 10. The van der Waals surface area contributed by atoms with Gasteiger partial charge in [0.15, 0.2) is 0 Å². The largest absolute Gasteiger partial charge is 0.490 e. The van der Waals surface area contributed by atoms with Gasteiger partial charge in [-0.3, -0.25) is 4.79 Å². The van der Waals surface area contributed by atoms with E-state index in [1.807, 2.05) is 12.1 Å². The first-order valence-electron chi connectivity index (χ1n) is 15.3. The first-order chi connectivity index (χ1) is 20.8. The first-order valence-corrected chi connectivity index (χ1v) is 17.2. The molecule has 44 heavy (non-hydrogen) atoms. The molecule has 10 heteroatoms. The van der Waals surface area contributed by atoms with Gasteiger partial charge in [-0.05, 0) is 106 Å². The molecule has 0 bridgehead atoms. The number of aliphatic hydroxyl groups is 2. The molecule has 0 radical (unpaired) electrons. The molecule has 1 spiro atoms. The Labute approximate surface area is 265 Å². The van der Waals surface area contributed by atoms with Crippen LogP contribution >= 0.6 is 11.6 Å². The summed E-state index contributed by atoms with van der Waals surface area (Å²) in [5.41, 5.74) is 1.39. The maximum absolute atomic E-state index is 13.4. The topological polar surface area (TPSA) is 116 Å². The number of nitrogens with zero attached hydrogens (tertiary/aromatic N) is 1. The summed E-state index contributed by atoms with van der Waals surface area (Å²) in [7, 11) is -4.24. The molecule has 3 aliphatic rings. The number of allylic oxidation sites excluding steroid dienone is 1. The van der Waals surface area contributed by atoms with E-state index in [0.717, 1.165) is 32.1 Å². The number of fused-ring (bicyclic) bond motifs is 3. The zero-order chi connectivity index (χ0) is 31.9. The summed E-state index contributed by atoms with van der Waals surface area (Å²) >= 11 is 6.37.